The SMILES string of the molecule is C=COC(=O)OC(C)O[SiH3]. The smallest absolute Gasteiger partial charge is 0.405 e. The Morgan fingerprint density at radius 1 is 1.80 bits per heavy atom. The fraction of sp³-hybridized carbons (Fsp3) is 0.400. The van der Waals surface area contributed by atoms with E-state index in [2.05, 4.69) is 16.1 Å². The summed E-state index contributed by atoms with van der Waals surface area (Å²) < 4.78 is 13.5. The lowest BCUT2D eigenvalue weighted by molar-refractivity contribution is -0.0387. The molecule has 0 aromatic rings. The van der Waals surface area contributed by atoms with Crippen LogP contribution in [0.2, 0.25) is 0 Å². The fourth-order valence-electron chi connectivity index (χ4n) is 0.279. The Balaban J connectivity index is 3.46. The third-order valence-corrected chi connectivity index (χ3v) is 1.44. The van der Waals surface area contributed by atoms with Gasteiger partial charge in [0.05, 0.1) is 6.26 Å². The van der Waals surface area contributed by atoms with Crippen molar-refractivity contribution in [1.82, 2.24) is 0 Å². The topological polar surface area (TPSA) is 44.8 Å². The van der Waals surface area contributed by atoms with Crippen molar-refractivity contribution < 1.29 is 18.7 Å². The fourth-order valence-corrected chi connectivity index (χ4v) is 0.376. The van der Waals surface area contributed by atoms with Crippen LogP contribution in [0.4, 0.5) is 4.79 Å². The van der Waals surface area contributed by atoms with Crippen molar-refractivity contribution in [3.63, 3.8) is 0 Å². The van der Waals surface area contributed by atoms with Gasteiger partial charge in [-0.25, -0.2) is 4.79 Å². The third kappa shape index (κ3) is 4.10. The standard InChI is InChI=1S/C5H10O4Si/c1-3-7-5(6)8-4(2)9-10/h3-4H,1H2,2,10H3. The maximum absolute atomic E-state index is 10.4. The largest absolute Gasteiger partial charge is 0.515 e. The molecule has 58 valence electrons. The van der Waals surface area contributed by atoms with Gasteiger partial charge in [0.25, 0.3) is 0 Å². The summed E-state index contributed by atoms with van der Waals surface area (Å²) in [7, 11) is 0.524. The minimum atomic E-state index is -0.793. The van der Waals surface area contributed by atoms with Crippen LogP contribution in [0.25, 0.3) is 0 Å². The molecule has 0 aromatic carbocycles. The Bertz CT molecular complexity index is 125. The van der Waals surface area contributed by atoms with Crippen molar-refractivity contribution in [2.45, 2.75) is 13.2 Å². The number of carbonyl (C=O) groups is 1. The molecule has 4 nitrogen and oxygen atoms in total. The number of ether oxygens (including phenoxy) is 2. The summed E-state index contributed by atoms with van der Waals surface area (Å²) in [6, 6.07) is 0. The second-order valence-corrected chi connectivity index (χ2v) is 1.93. The molecule has 0 saturated carbocycles. The van der Waals surface area contributed by atoms with Gasteiger partial charge >= 0.3 is 6.16 Å². The Morgan fingerprint density at radius 3 is 2.80 bits per heavy atom. The van der Waals surface area contributed by atoms with Crippen molar-refractivity contribution in [2.24, 2.45) is 0 Å². The maximum Gasteiger partial charge on any atom is 0.515 e. The summed E-state index contributed by atoms with van der Waals surface area (Å²) in [6.07, 6.45) is -0.320. The van der Waals surface area contributed by atoms with Gasteiger partial charge in [-0.1, -0.05) is 6.58 Å². The average Bonchev–Trinajstić information content (AvgIpc) is 1.88. The van der Waals surface area contributed by atoms with Crippen molar-refractivity contribution in [1.29, 1.82) is 0 Å². The van der Waals surface area contributed by atoms with Crippen molar-refractivity contribution in [3.05, 3.63) is 12.8 Å². The summed E-state index contributed by atoms with van der Waals surface area (Å²) in [5.41, 5.74) is 0. The Hall–Kier alpha value is -0.813. The Morgan fingerprint density at radius 2 is 2.40 bits per heavy atom. The monoisotopic (exact) mass is 162 g/mol. The van der Waals surface area contributed by atoms with Gasteiger partial charge in [0.1, 0.15) is 0 Å². The van der Waals surface area contributed by atoms with Crippen molar-refractivity contribution >= 4 is 16.6 Å². The lowest BCUT2D eigenvalue weighted by Crippen LogP contribution is -2.16. The molecular weight excluding hydrogens is 152 g/mol. The predicted octanol–water partition coefficient (Wildman–Crippen LogP) is -0.0739. The third-order valence-electron chi connectivity index (χ3n) is 0.774. The molecule has 0 saturated heterocycles. The molecule has 0 N–H and O–H groups in total. The molecule has 0 aliphatic carbocycles. The van der Waals surface area contributed by atoms with Crippen LogP contribution in [0.15, 0.2) is 12.8 Å². The van der Waals surface area contributed by atoms with E-state index in [-0.39, 0.29) is 0 Å². The van der Waals surface area contributed by atoms with E-state index in [1.54, 1.807) is 6.92 Å². The Labute approximate surface area is 62.3 Å². The van der Waals surface area contributed by atoms with Crippen LogP contribution in [-0.2, 0) is 13.9 Å². The van der Waals surface area contributed by atoms with E-state index in [4.69, 9.17) is 4.43 Å². The molecule has 0 heterocycles. The predicted molar refractivity (Wildman–Crippen MR) is 38.2 cm³/mol. The van der Waals surface area contributed by atoms with Crippen LogP contribution in [0, 0.1) is 0 Å². The molecule has 1 unspecified atom stereocenters. The molecule has 0 fully saturated rings. The molecule has 0 bridgehead atoms. The first-order valence-electron chi connectivity index (χ1n) is 2.71. The quantitative estimate of drug-likeness (QED) is 0.252. The van der Waals surface area contributed by atoms with Gasteiger partial charge in [0.15, 0.2) is 16.8 Å². The van der Waals surface area contributed by atoms with Gasteiger partial charge in [-0.2, -0.15) is 0 Å². The van der Waals surface area contributed by atoms with Crippen LogP contribution >= 0.6 is 0 Å². The van der Waals surface area contributed by atoms with Gasteiger partial charge in [0.2, 0.25) is 0 Å². The van der Waals surface area contributed by atoms with Crippen molar-refractivity contribution in [3.8, 4) is 0 Å². The van der Waals surface area contributed by atoms with E-state index in [0.29, 0.717) is 10.5 Å². The van der Waals surface area contributed by atoms with Gasteiger partial charge in [0, 0.05) is 0 Å². The van der Waals surface area contributed by atoms with E-state index in [0.717, 1.165) is 6.26 Å². The van der Waals surface area contributed by atoms with Gasteiger partial charge in [-0.3, -0.25) is 0 Å². The zero-order valence-corrected chi connectivity index (χ0v) is 7.99. The zero-order chi connectivity index (χ0) is 7.98. The summed E-state index contributed by atoms with van der Waals surface area (Å²) in [4.78, 5) is 10.4. The summed E-state index contributed by atoms with van der Waals surface area (Å²) in [5.74, 6) is 0. The van der Waals surface area contributed by atoms with Crippen LogP contribution in [0.5, 0.6) is 0 Å². The second kappa shape index (κ2) is 5.01. The highest BCUT2D eigenvalue weighted by molar-refractivity contribution is 5.98. The first kappa shape index (κ1) is 9.19. The summed E-state index contributed by atoms with van der Waals surface area (Å²) >= 11 is 0. The van der Waals surface area contributed by atoms with E-state index < -0.39 is 12.4 Å². The molecule has 0 aromatic heterocycles. The molecule has 5 heteroatoms. The second-order valence-electron chi connectivity index (χ2n) is 1.46. The van der Waals surface area contributed by atoms with Gasteiger partial charge in [-0.05, 0) is 6.92 Å². The van der Waals surface area contributed by atoms with E-state index in [1.165, 1.54) is 0 Å². The lowest BCUT2D eigenvalue weighted by Gasteiger charge is -2.09. The van der Waals surface area contributed by atoms with Gasteiger partial charge < -0.3 is 13.9 Å². The summed E-state index contributed by atoms with van der Waals surface area (Å²) in [6.45, 7) is 4.79. The zero-order valence-electron chi connectivity index (χ0n) is 5.99. The first-order valence-corrected chi connectivity index (χ1v) is 3.53. The highest BCUT2D eigenvalue weighted by atomic mass is 28.2. The summed E-state index contributed by atoms with van der Waals surface area (Å²) in [5, 5.41) is 0. The molecule has 10 heavy (non-hydrogen) atoms. The van der Waals surface area contributed by atoms with E-state index >= 15 is 0 Å². The Kier molecular flexibility index (Phi) is 4.60. The minimum Gasteiger partial charge on any atom is -0.405 e. The van der Waals surface area contributed by atoms with E-state index in [1.807, 2.05) is 0 Å². The molecule has 0 aliphatic heterocycles. The normalized spacial score (nSPS) is 12.1. The van der Waals surface area contributed by atoms with Crippen LogP contribution in [-0.4, -0.2) is 22.9 Å². The van der Waals surface area contributed by atoms with Crippen LogP contribution in [0.3, 0.4) is 0 Å². The van der Waals surface area contributed by atoms with Crippen molar-refractivity contribution in [2.75, 3.05) is 0 Å². The minimum absolute atomic E-state index is 0.524. The lowest BCUT2D eigenvalue weighted by atomic mass is 10.8. The van der Waals surface area contributed by atoms with E-state index in [9.17, 15) is 4.79 Å². The highest BCUT2D eigenvalue weighted by Crippen LogP contribution is 1.93. The average molecular weight is 162 g/mol. The molecule has 0 spiro atoms. The molecule has 1 atom stereocenters. The number of hydrogen-bond donors (Lipinski definition) is 0. The molecule has 0 radical (unpaired) electrons. The highest BCUT2D eigenvalue weighted by Gasteiger charge is 2.06. The maximum atomic E-state index is 10.4. The number of carbonyl (C=O) groups excluding carboxylic acids is 1. The molecule has 0 rings (SSSR count). The molecular formula is C5H10O4Si. The van der Waals surface area contributed by atoms with Gasteiger partial charge in [-0.15, -0.1) is 0 Å². The molecule has 0 aliphatic rings. The first-order chi connectivity index (χ1) is 4.70. The number of rotatable bonds is 3. The number of hydrogen-bond acceptors (Lipinski definition) is 4. The van der Waals surface area contributed by atoms with Crippen LogP contribution in [0.1, 0.15) is 6.92 Å². The van der Waals surface area contributed by atoms with Crippen LogP contribution < -0.4 is 0 Å². The molecule has 0 amide bonds.